The molecule has 118 valence electrons. The fraction of sp³-hybridized carbons (Fsp3) is 0.941. The summed E-state index contributed by atoms with van der Waals surface area (Å²) in [5.41, 5.74) is -0.386. The zero-order chi connectivity index (χ0) is 15.9. The Morgan fingerprint density at radius 1 is 1.20 bits per heavy atom. The average molecular weight is 284 g/mol. The summed E-state index contributed by atoms with van der Waals surface area (Å²) in [6, 6.07) is 0. The van der Waals surface area contributed by atoms with Crippen LogP contribution in [0.3, 0.4) is 0 Å². The Labute approximate surface area is 124 Å². The lowest BCUT2D eigenvalue weighted by Crippen LogP contribution is -2.55. The van der Waals surface area contributed by atoms with Gasteiger partial charge in [0.05, 0.1) is 19.1 Å². The van der Waals surface area contributed by atoms with Gasteiger partial charge < -0.3 is 9.84 Å². The number of esters is 1. The van der Waals surface area contributed by atoms with Crippen molar-refractivity contribution in [3.05, 3.63) is 0 Å². The summed E-state index contributed by atoms with van der Waals surface area (Å²) in [5, 5.41) is 11.0. The molecule has 4 unspecified atom stereocenters. The molecule has 1 saturated carbocycles. The van der Waals surface area contributed by atoms with E-state index in [0.29, 0.717) is 12.8 Å². The van der Waals surface area contributed by atoms with Crippen molar-refractivity contribution in [2.45, 2.75) is 67.4 Å². The summed E-state index contributed by atoms with van der Waals surface area (Å²) in [6.07, 6.45) is 1.00. The minimum absolute atomic E-state index is 0.0291. The molecule has 0 saturated heterocycles. The Balaban J connectivity index is 3.22. The minimum Gasteiger partial charge on any atom is -0.469 e. The van der Waals surface area contributed by atoms with E-state index in [2.05, 4.69) is 48.5 Å². The van der Waals surface area contributed by atoms with Gasteiger partial charge in [-0.1, -0.05) is 48.5 Å². The van der Waals surface area contributed by atoms with Crippen molar-refractivity contribution in [3.63, 3.8) is 0 Å². The van der Waals surface area contributed by atoms with Crippen LogP contribution in [0.15, 0.2) is 0 Å². The van der Waals surface area contributed by atoms with Crippen LogP contribution in [0, 0.1) is 28.1 Å². The Bertz CT molecular complexity index is 361. The second-order valence-corrected chi connectivity index (χ2v) is 8.74. The normalized spacial score (nSPS) is 35.8. The van der Waals surface area contributed by atoms with Crippen molar-refractivity contribution < 1.29 is 14.6 Å². The van der Waals surface area contributed by atoms with Gasteiger partial charge in [-0.05, 0) is 35.0 Å². The smallest absolute Gasteiger partial charge is 0.308 e. The summed E-state index contributed by atoms with van der Waals surface area (Å²) in [5.74, 6) is -0.150. The van der Waals surface area contributed by atoms with Gasteiger partial charge in [0.1, 0.15) is 0 Å². The summed E-state index contributed by atoms with van der Waals surface area (Å²) < 4.78 is 4.97. The third kappa shape index (κ3) is 3.03. The van der Waals surface area contributed by atoms with Crippen LogP contribution in [-0.4, -0.2) is 24.3 Å². The highest BCUT2D eigenvalue weighted by atomic mass is 16.5. The highest BCUT2D eigenvalue weighted by molar-refractivity contribution is 5.72. The molecule has 1 aliphatic carbocycles. The van der Waals surface area contributed by atoms with Gasteiger partial charge in [0.2, 0.25) is 0 Å². The predicted molar refractivity (Wildman–Crippen MR) is 81.3 cm³/mol. The maximum Gasteiger partial charge on any atom is 0.308 e. The van der Waals surface area contributed by atoms with Crippen molar-refractivity contribution in [2.24, 2.45) is 28.1 Å². The highest BCUT2D eigenvalue weighted by Crippen LogP contribution is 2.56. The highest BCUT2D eigenvalue weighted by Gasteiger charge is 2.55. The molecule has 0 aromatic rings. The zero-order valence-corrected chi connectivity index (χ0v) is 14.4. The first-order valence-electron chi connectivity index (χ1n) is 7.60. The molecule has 4 atom stereocenters. The Hall–Kier alpha value is -0.570. The van der Waals surface area contributed by atoms with E-state index in [9.17, 15) is 9.90 Å². The summed E-state index contributed by atoms with van der Waals surface area (Å²) >= 11 is 0. The van der Waals surface area contributed by atoms with Crippen LogP contribution in [-0.2, 0) is 9.53 Å². The Kier molecular flexibility index (Phi) is 4.65. The van der Waals surface area contributed by atoms with E-state index >= 15 is 0 Å². The van der Waals surface area contributed by atoms with Crippen molar-refractivity contribution in [3.8, 4) is 0 Å². The largest absolute Gasteiger partial charge is 0.469 e. The third-order valence-corrected chi connectivity index (χ3v) is 5.60. The van der Waals surface area contributed by atoms with E-state index < -0.39 is 6.10 Å². The van der Waals surface area contributed by atoms with Crippen LogP contribution in [0.25, 0.3) is 0 Å². The van der Waals surface area contributed by atoms with E-state index in [1.165, 1.54) is 7.11 Å². The number of carbonyl (C=O) groups is 1. The second kappa shape index (κ2) is 5.32. The fourth-order valence-electron chi connectivity index (χ4n) is 3.52. The summed E-state index contributed by atoms with van der Waals surface area (Å²) in [6.45, 7) is 15.0. The lowest BCUT2D eigenvalue weighted by Gasteiger charge is -2.55. The van der Waals surface area contributed by atoms with Gasteiger partial charge in [0.15, 0.2) is 0 Å². The molecule has 0 bridgehead atoms. The molecule has 0 spiro atoms. The predicted octanol–water partition coefficient (Wildman–Crippen LogP) is 3.65. The fourth-order valence-corrected chi connectivity index (χ4v) is 3.52. The number of aliphatic hydroxyl groups excluding tert-OH is 1. The Morgan fingerprint density at radius 3 is 2.05 bits per heavy atom. The molecule has 1 aliphatic rings. The molecule has 0 heterocycles. The molecule has 0 aromatic heterocycles. The molecule has 0 aliphatic heterocycles. The zero-order valence-electron chi connectivity index (χ0n) is 14.4. The first-order valence-corrected chi connectivity index (χ1v) is 7.60. The van der Waals surface area contributed by atoms with E-state index in [1.807, 2.05) is 0 Å². The molecule has 1 rings (SSSR count). The molecular formula is C17H32O3. The van der Waals surface area contributed by atoms with Gasteiger partial charge in [0, 0.05) is 0 Å². The number of methoxy groups -OCH3 is 1. The molecular weight excluding hydrogens is 252 g/mol. The first kappa shape index (κ1) is 17.5. The van der Waals surface area contributed by atoms with E-state index in [1.54, 1.807) is 0 Å². The summed E-state index contributed by atoms with van der Waals surface area (Å²) in [7, 11) is 1.45. The molecule has 1 N–H and O–H groups in total. The van der Waals surface area contributed by atoms with Gasteiger partial charge in [-0.3, -0.25) is 4.79 Å². The molecule has 20 heavy (non-hydrogen) atoms. The number of hydrogen-bond acceptors (Lipinski definition) is 3. The van der Waals surface area contributed by atoms with Crippen LogP contribution in [0.5, 0.6) is 0 Å². The SMILES string of the molecule is COC(=O)C1CC(C(C)(C)C)C(O)C(C)(C(C)(C)C)C1. The molecule has 0 radical (unpaired) electrons. The molecule has 0 aromatic carbocycles. The maximum atomic E-state index is 12.1. The summed E-state index contributed by atoms with van der Waals surface area (Å²) in [4.78, 5) is 12.1. The second-order valence-electron chi connectivity index (χ2n) is 8.74. The van der Waals surface area contributed by atoms with Crippen molar-refractivity contribution in [1.82, 2.24) is 0 Å². The van der Waals surface area contributed by atoms with Crippen molar-refractivity contribution in [2.75, 3.05) is 7.11 Å². The van der Waals surface area contributed by atoms with Crippen molar-refractivity contribution in [1.29, 1.82) is 0 Å². The maximum absolute atomic E-state index is 12.1. The van der Waals surface area contributed by atoms with E-state index in [0.717, 1.165) is 0 Å². The molecule has 3 nitrogen and oxygen atoms in total. The number of hydrogen-bond donors (Lipinski definition) is 1. The molecule has 3 heteroatoms. The number of rotatable bonds is 1. The van der Waals surface area contributed by atoms with Crippen molar-refractivity contribution >= 4 is 5.97 Å². The van der Waals surface area contributed by atoms with E-state index in [4.69, 9.17) is 4.74 Å². The van der Waals surface area contributed by atoms with Gasteiger partial charge in [-0.2, -0.15) is 0 Å². The van der Waals surface area contributed by atoms with Crippen LogP contribution >= 0.6 is 0 Å². The van der Waals surface area contributed by atoms with Crippen LogP contribution in [0.1, 0.15) is 61.3 Å². The van der Waals surface area contributed by atoms with Crippen LogP contribution < -0.4 is 0 Å². The first-order chi connectivity index (χ1) is 8.84. The minimum atomic E-state index is -0.400. The number of aliphatic hydroxyl groups is 1. The third-order valence-electron chi connectivity index (χ3n) is 5.60. The number of ether oxygens (including phenoxy) is 1. The van der Waals surface area contributed by atoms with Gasteiger partial charge in [-0.25, -0.2) is 0 Å². The quantitative estimate of drug-likeness (QED) is 0.748. The molecule has 1 fully saturated rings. The molecule has 0 amide bonds. The van der Waals surface area contributed by atoms with Gasteiger partial charge in [-0.15, -0.1) is 0 Å². The average Bonchev–Trinajstić information content (AvgIpc) is 2.28. The lowest BCUT2D eigenvalue weighted by molar-refractivity contribution is -0.169. The van der Waals surface area contributed by atoms with Crippen LogP contribution in [0.4, 0.5) is 0 Å². The number of carbonyl (C=O) groups excluding carboxylic acids is 1. The lowest BCUT2D eigenvalue weighted by atomic mass is 9.51. The van der Waals surface area contributed by atoms with Gasteiger partial charge >= 0.3 is 5.97 Å². The standard InChI is InChI=1S/C17H32O3/c1-15(2,3)12-9-11(14(19)20-8)10-17(7,13(12)18)16(4,5)6/h11-13,18H,9-10H2,1-8H3. The monoisotopic (exact) mass is 284 g/mol. The Morgan fingerprint density at radius 2 is 1.70 bits per heavy atom. The van der Waals surface area contributed by atoms with E-state index in [-0.39, 0.29) is 34.1 Å². The van der Waals surface area contributed by atoms with Crippen LogP contribution in [0.2, 0.25) is 0 Å². The van der Waals surface area contributed by atoms with Gasteiger partial charge in [0.25, 0.3) is 0 Å². The topological polar surface area (TPSA) is 46.5 Å².